The average molecular weight is 286 g/mol. The van der Waals surface area contributed by atoms with Gasteiger partial charge in [-0.3, -0.25) is 4.79 Å². The number of aryl methyl sites for hydroxylation is 1. The van der Waals surface area contributed by atoms with Gasteiger partial charge in [0, 0.05) is 29.2 Å². The maximum Gasteiger partial charge on any atom is 0.253 e. The van der Waals surface area contributed by atoms with E-state index in [0.717, 1.165) is 53.7 Å². The van der Waals surface area contributed by atoms with Gasteiger partial charge in [0.2, 0.25) is 0 Å². The Balaban J connectivity index is 2.14. The summed E-state index contributed by atoms with van der Waals surface area (Å²) in [5.74, 6) is 0.833. The summed E-state index contributed by atoms with van der Waals surface area (Å²) in [4.78, 5) is 12.6. The van der Waals surface area contributed by atoms with Crippen molar-refractivity contribution in [2.75, 3.05) is 7.11 Å². The van der Waals surface area contributed by atoms with E-state index >= 15 is 0 Å². The molecule has 0 aliphatic heterocycles. The van der Waals surface area contributed by atoms with Crippen LogP contribution < -0.4 is 10.1 Å². The summed E-state index contributed by atoms with van der Waals surface area (Å²) in [6, 6.07) is 6.34. The lowest BCUT2D eigenvalue weighted by atomic mass is 10.1. The minimum Gasteiger partial charge on any atom is -0.497 e. The van der Waals surface area contributed by atoms with Gasteiger partial charge in [-0.25, -0.2) is 0 Å². The number of carbonyl (C=O) groups excluding carboxylic acids is 1. The molecule has 1 amide bonds. The molecule has 1 aliphatic rings. The highest BCUT2D eigenvalue weighted by Crippen LogP contribution is 2.30. The molecular formula is C17H22N2O2. The smallest absolute Gasteiger partial charge is 0.253 e. The van der Waals surface area contributed by atoms with Gasteiger partial charge in [0.1, 0.15) is 5.75 Å². The molecule has 1 aromatic heterocycles. The molecule has 1 saturated carbocycles. The van der Waals surface area contributed by atoms with E-state index in [2.05, 4.69) is 16.8 Å². The van der Waals surface area contributed by atoms with E-state index in [9.17, 15) is 4.79 Å². The summed E-state index contributed by atoms with van der Waals surface area (Å²) in [7, 11) is 1.65. The Morgan fingerprint density at radius 2 is 2.19 bits per heavy atom. The van der Waals surface area contributed by atoms with E-state index in [4.69, 9.17) is 4.74 Å². The highest BCUT2D eigenvalue weighted by molar-refractivity contribution is 6.09. The molecule has 0 saturated heterocycles. The molecule has 0 bridgehead atoms. The van der Waals surface area contributed by atoms with E-state index in [-0.39, 0.29) is 5.91 Å². The van der Waals surface area contributed by atoms with Crippen LogP contribution in [-0.4, -0.2) is 23.6 Å². The number of aromatic nitrogens is 1. The first kappa shape index (κ1) is 14.0. The molecule has 112 valence electrons. The van der Waals surface area contributed by atoms with Crippen LogP contribution in [0.2, 0.25) is 0 Å². The monoisotopic (exact) mass is 286 g/mol. The number of nitrogens with zero attached hydrogens (tertiary/aromatic N) is 1. The maximum atomic E-state index is 12.6. The predicted octanol–water partition coefficient (Wildman–Crippen LogP) is 3.26. The fourth-order valence-electron chi connectivity index (χ4n) is 2.87. The summed E-state index contributed by atoms with van der Waals surface area (Å²) >= 11 is 0. The first-order valence-electron chi connectivity index (χ1n) is 7.63. The van der Waals surface area contributed by atoms with Gasteiger partial charge >= 0.3 is 0 Å². The number of hydrogen-bond acceptors (Lipinski definition) is 2. The normalized spacial score (nSPS) is 14.4. The number of nitrogens with one attached hydrogen (secondary N) is 1. The van der Waals surface area contributed by atoms with Crippen LogP contribution in [0.5, 0.6) is 5.75 Å². The van der Waals surface area contributed by atoms with Gasteiger partial charge in [-0.15, -0.1) is 0 Å². The van der Waals surface area contributed by atoms with E-state index in [1.807, 2.05) is 25.1 Å². The Labute approximate surface area is 125 Å². The molecule has 3 rings (SSSR count). The maximum absolute atomic E-state index is 12.6. The molecular weight excluding hydrogens is 264 g/mol. The second-order valence-corrected chi connectivity index (χ2v) is 5.74. The summed E-state index contributed by atoms with van der Waals surface area (Å²) in [5.41, 5.74) is 2.94. The molecule has 1 aliphatic carbocycles. The van der Waals surface area contributed by atoms with E-state index in [1.165, 1.54) is 0 Å². The van der Waals surface area contributed by atoms with Crippen molar-refractivity contribution in [3.63, 3.8) is 0 Å². The summed E-state index contributed by atoms with van der Waals surface area (Å²) in [5, 5.41) is 4.09. The Morgan fingerprint density at radius 3 is 2.81 bits per heavy atom. The van der Waals surface area contributed by atoms with Crippen molar-refractivity contribution in [3.05, 3.63) is 29.5 Å². The van der Waals surface area contributed by atoms with Crippen LogP contribution in [0.15, 0.2) is 18.2 Å². The summed E-state index contributed by atoms with van der Waals surface area (Å²) in [6.07, 6.45) is 3.24. The molecule has 1 N–H and O–H groups in total. The molecule has 2 aromatic rings. The molecule has 0 atom stereocenters. The molecule has 0 unspecified atom stereocenters. The molecule has 0 radical (unpaired) electrons. The van der Waals surface area contributed by atoms with Crippen LogP contribution in [0.25, 0.3) is 10.9 Å². The molecule has 0 spiro atoms. The summed E-state index contributed by atoms with van der Waals surface area (Å²) in [6.45, 7) is 5.11. The number of amides is 1. The SMILES string of the molecule is CCCn1c(C)c(C(=O)NC2CC2)c2cc(OC)ccc21. The highest BCUT2D eigenvalue weighted by atomic mass is 16.5. The quantitative estimate of drug-likeness (QED) is 0.916. The Morgan fingerprint density at radius 1 is 1.43 bits per heavy atom. The zero-order chi connectivity index (χ0) is 15.0. The zero-order valence-corrected chi connectivity index (χ0v) is 12.9. The fraction of sp³-hybridized carbons (Fsp3) is 0.471. The third-order valence-electron chi connectivity index (χ3n) is 4.12. The number of fused-ring (bicyclic) bond motifs is 1. The summed E-state index contributed by atoms with van der Waals surface area (Å²) < 4.78 is 7.55. The van der Waals surface area contributed by atoms with Crippen LogP contribution >= 0.6 is 0 Å². The lowest BCUT2D eigenvalue weighted by Gasteiger charge is -2.07. The first-order valence-corrected chi connectivity index (χ1v) is 7.63. The Kier molecular flexibility index (Phi) is 3.62. The van der Waals surface area contributed by atoms with E-state index < -0.39 is 0 Å². The zero-order valence-electron chi connectivity index (χ0n) is 12.9. The molecule has 4 heteroatoms. The number of benzene rings is 1. The van der Waals surface area contributed by atoms with Crippen molar-refractivity contribution in [2.45, 2.75) is 45.7 Å². The Bertz CT molecular complexity index is 684. The molecule has 4 nitrogen and oxygen atoms in total. The second kappa shape index (κ2) is 5.43. The van der Waals surface area contributed by atoms with Crippen molar-refractivity contribution in [2.24, 2.45) is 0 Å². The van der Waals surface area contributed by atoms with Gasteiger partial charge in [0.25, 0.3) is 5.91 Å². The highest BCUT2D eigenvalue weighted by Gasteiger charge is 2.27. The number of rotatable bonds is 5. The van der Waals surface area contributed by atoms with Gasteiger partial charge in [0.15, 0.2) is 0 Å². The number of hydrogen-bond donors (Lipinski definition) is 1. The predicted molar refractivity (Wildman–Crippen MR) is 84.0 cm³/mol. The fourth-order valence-corrected chi connectivity index (χ4v) is 2.87. The van der Waals surface area contributed by atoms with Crippen LogP contribution in [0.1, 0.15) is 42.2 Å². The number of methoxy groups -OCH3 is 1. The van der Waals surface area contributed by atoms with Gasteiger partial charge < -0.3 is 14.6 Å². The van der Waals surface area contributed by atoms with Crippen LogP contribution in [0, 0.1) is 6.92 Å². The number of ether oxygens (including phenoxy) is 1. The molecule has 1 heterocycles. The minimum absolute atomic E-state index is 0.0445. The van der Waals surface area contributed by atoms with Gasteiger partial charge in [0.05, 0.1) is 12.7 Å². The van der Waals surface area contributed by atoms with E-state index in [0.29, 0.717) is 6.04 Å². The largest absolute Gasteiger partial charge is 0.497 e. The van der Waals surface area contributed by atoms with Crippen molar-refractivity contribution >= 4 is 16.8 Å². The van der Waals surface area contributed by atoms with Gasteiger partial charge in [-0.1, -0.05) is 6.92 Å². The van der Waals surface area contributed by atoms with Gasteiger partial charge in [-0.05, 0) is 44.4 Å². The van der Waals surface area contributed by atoms with E-state index in [1.54, 1.807) is 7.11 Å². The number of carbonyl (C=O) groups is 1. The second-order valence-electron chi connectivity index (χ2n) is 5.74. The van der Waals surface area contributed by atoms with Crippen molar-refractivity contribution in [1.82, 2.24) is 9.88 Å². The van der Waals surface area contributed by atoms with Crippen molar-refractivity contribution < 1.29 is 9.53 Å². The average Bonchev–Trinajstić information content (AvgIpc) is 3.24. The lowest BCUT2D eigenvalue weighted by molar-refractivity contribution is 0.0952. The third kappa shape index (κ3) is 2.50. The standard InChI is InChI=1S/C17H22N2O2/c1-4-9-19-11(2)16(17(20)18-12-5-6-12)14-10-13(21-3)7-8-15(14)19/h7-8,10,12H,4-6,9H2,1-3H3,(H,18,20). The van der Waals surface area contributed by atoms with Crippen LogP contribution in [0.4, 0.5) is 0 Å². The third-order valence-corrected chi connectivity index (χ3v) is 4.12. The van der Waals surface area contributed by atoms with Crippen molar-refractivity contribution in [3.8, 4) is 5.75 Å². The topological polar surface area (TPSA) is 43.3 Å². The van der Waals surface area contributed by atoms with Crippen LogP contribution in [0.3, 0.4) is 0 Å². The minimum atomic E-state index is 0.0445. The Hall–Kier alpha value is -1.97. The van der Waals surface area contributed by atoms with Gasteiger partial charge in [-0.2, -0.15) is 0 Å². The molecule has 1 aromatic carbocycles. The first-order chi connectivity index (χ1) is 10.2. The van der Waals surface area contributed by atoms with Crippen LogP contribution in [-0.2, 0) is 6.54 Å². The molecule has 1 fully saturated rings. The lowest BCUT2D eigenvalue weighted by Crippen LogP contribution is -2.26. The van der Waals surface area contributed by atoms with Crippen molar-refractivity contribution in [1.29, 1.82) is 0 Å². The molecule has 21 heavy (non-hydrogen) atoms.